The van der Waals surface area contributed by atoms with Crippen molar-refractivity contribution in [3.05, 3.63) is 0 Å². The Kier molecular flexibility index (Phi) is 7.25. The van der Waals surface area contributed by atoms with Crippen LogP contribution in [0.5, 0.6) is 0 Å². The van der Waals surface area contributed by atoms with Crippen molar-refractivity contribution in [1.82, 2.24) is 0 Å². The number of rotatable bonds is 7. The highest BCUT2D eigenvalue weighted by Crippen LogP contribution is 2.06. The number of hydrogen-bond acceptors (Lipinski definition) is 1. The van der Waals surface area contributed by atoms with Gasteiger partial charge in [0.2, 0.25) is 0 Å². The molecule has 12 heavy (non-hydrogen) atoms. The molecular formula is C8H15F3O. The first-order valence-corrected chi connectivity index (χ1v) is 4.16. The van der Waals surface area contributed by atoms with E-state index in [4.69, 9.17) is 0 Å². The molecule has 0 spiro atoms. The third-order valence-electron chi connectivity index (χ3n) is 1.49. The van der Waals surface area contributed by atoms with Gasteiger partial charge in [0.05, 0.1) is 12.8 Å². The van der Waals surface area contributed by atoms with Crippen molar-refractivity contribution in [2.24, 2.45) is 0 Å². The van der Waals surface area contributed by atoms with Gasteiger partial charge in [-0.1, -0.05) is 12.8 Å². The summed E-state index contributed by atoms with van der Waals surface area (Å²) >= 11 is 0. The van der Waals surface area contributed by atoms with Crippen LogP contribution in [0.3, 0.4) is 0 Å². The fourth-order valence-electron chi connectivity index (χ4n) is 0.877. The second-order valence-electron chi connectivity index (χ2n) is 2.76. The summed E-state index contributed by atoms with van der Waals surface area (Å²) in [5.41, 5.74) is 0. The van der Waals surface area contributed by atoms with Gasteiger partial charge in [0.25, 0.3) is 0 Å². The summed E-state index contributed by atoms with van der Waals surface area (Å²) in [5.74, 6) is 0. The first-order valence-electron chi connectivity index (χ1n) is 4.16. The van der Waals surface area contributed by atoms with Crippen LogP contribution >= 0.6 is 0 Å². The molecule has 74 valence electrons. The van der Waals surface area contributed by atoms with Crippen LogP contribution in [0.15, 0.2) is 0 Å². The van der Waals surface area contributed by atoms with Crippen LogP contribution in [0.1, 0.15) is 32.6 Å². The average molecular weight is 184 g/mol. The van der Waals surface area contributed by atoms with Crippen molar-refractivity contribution in [3.63, 3.8) is 0 Å². The third-order valence-corrected chi connectivity index (χ3v) is 1.49. The van der Waals surface area contributed by atoms with Crippen molar-refractivity contribution >= 4 is 0 Å². The van der Waals surface area contributed by atoms with Crippen LogP contribution in [0.4, 0.5) is 13.2 Å². The molecule has 1 nitrogen and oxygen atoms in total. The van der Waals surface area contributed by atoms with Crippen molar-refractivity contribution in [2.45, 2.75) is 45.4 Å². The predicted octanol–water partition coefficient (Wildman–Crippen LogP) is 3.14. The molecule has 0 aliphatic heterocycles. The SMILES string of the molecule is CC(F)CCCCCOC(F)F. The van der Waals surface area contributed by atoms with Gasteiger partial charge in [-0.3, -0.25) is 0 Å². The van der Waals surface area contributed by atoms with Crippen LogP contribution in [-0.4, -0.2) is 19.4 Å². The van der Waals surface area contributed by atoms with Crippen molar-refractivity contribution < 1.29 is 17.9 Å². The lowest BCUT2D eigenvalue weighted by Gasteiger charge is -2.02. The molecule has 0 aromatic heterocycles. The zero-order chi connectivity index (χ0) is 9.40. The van der Waals surface area contributed by atoms with Crippen LogP contribution < -0.4 is 0 Å². The van der Waals surface area contributed by atoms with E-state index in [0.29, 0.717) is 12.8 Å². The summed E-state index contributed by atoms with van der Waals surface area (Å²) in [5, 5.41) is 0. The zero-order valence-corrected chi connectivity index (χ0v) is 7.23. The Morgan fingerprint density at radius 3 is 2.25 bits per heavy atom. The van der Waals surface area contributed by atoms with Gasteiger partial charge in [-0.15, -0.1) is 0 Å². The average Bonchev–Trinajstić information content (AvgIpc) is 1.95. The van der Waals surface area contributed by atoms with Gasteiger partial charge in [-0.05, 0) is 19.8 Å². The standard InChI is InChI=1S/C8H15F3O/c1-7(9)5-3-2-4-6-12-8(10)11/h7-8H,2-6H2,1H3. The molecule has 0 aromatic rings. The Hall–Kier alpha value is -0.250. The Bertz CT molecular complexity index is 84.3. The largest absolute Gasteiger partial charge is 0.345 e. The Morgan fingerprint density at radius 2 is 1.75 bits per heavy atom. The minimum atomic E-state index is -2.68. The van der Waals surface area contributed by atoms with E-state index in [0.717, 1.165) is 12.8 Å². The molecule has 0 aliphatic rings. The lowest BCUT2D eigenvalue weighted by atomic mass is 10.1. The number of ether oxygens (including phenoxy) is 1. The minimum absolute atomic E-state index is 0.0678. The van der Waals surface area contributed by atoms with Gasteiger partial charge in [0.1, 0.15) is 0 Å². The van der Waals surface area contributed by atoms with Crippen molar-refractivity contribution in [1.29, 1.82) is 0 Å². The molecule has 0 rings (SSSR count). The second kappa shape index (κ2) is 7.40. The first kappa shape index (κ1) is 11.8. The van der Waals surface area contributed by atoms with Crippen LogP contribution in [-0.2, 0) is 4.74 Å². The Balaban J connectivity index is 2.91. The van der Waals surface area contributed by atoms with Crippen molar-refractivity contribution in [3.8, 4) is 0 Å². The monoisotopic (exact) mass is 184 g/mol. The third kappa shape index (κ3) is 9.75. The fraction of sp³-hybridized carbons (Fsp3) is 1.00. The van der Waals surface area contributed by atoms with Gasteiger partial charge >= 0.3 is 6.61 Å². The first-order chi connectivity index (χ1) is 5.63. The molecule has 0 saturated heterocycles. The van der Waals surface area contributed by atoms with E-state index >= 15 is 0 Å². The summed E-state index contributed by atoms with van der Waals surface area (Å²) in [6.07, 6.45) is 1.79. The van der Waals surface area contributed by atoms with E-state index in [1.165, 1.54) is 6.92 Å². The highest BCUT2D eigenvalue weighted by molar-refractivity contribution is 4.48. The van der Waals surface area contributed by atoms with Gasteiger partial charge in [-0.25, -0.2) is 4.39 Å². The maximum atomic E-state index is 12.2. The Labute approximate surface area is 70.9 Å². The van der Waals surface area contributed by atoms with E-state index in [-0.39, 0.29) is 6.61 Å². The molecule has 0 radical (unpaired) electrons. The molecule has 0 aliphatic carbocycles. The molecule has 0 N–H and O–H groups in total. The van der Waals surface area contributed by atoms with Crippen LogP contribution in [0, 0.1) is 0 Å². The Morgan fingerprint density at radius 1 is 1.08 bits per heavy atom. The molecule has 0 saturated carbocycles. The summed E-state index contributed by atoms with van der Waals surface area (Å²) in [7, 11) is 0. The van der Waals surface area contributed by atoms with E-state index in [2.05, 4.69) is 4.74 Å². The smallest absolute Gasteiger partial charge is 0.323 e. The van der Waals surface area contributed by atoms with Gasteiger partial charge in [0.15, 0.2) is 0 Å². The summed E-state index contributed by atoms with van der Waals surface area (Å²) in [6.45, 7) is -1.11. The number of alkyl halides is 3. The number of hydrogen-bond donors (Lipinski definition) is 0. The highest BCUT2D eigenvalue weighted by Gasteiger charge is 2.01. The summed E-state index contributed by atoms with van der Waals surface area (Å²) < 4.78 is 39.0. The molecule has 0 fully saturated rings. The molecule has 1 unspecified atom stereocenters. The summed E-state index contributed by atoms with van der Waals surface area (Å²) in [4.78, 5) is 0. The molecule has 0 heterocycles. The molecule has 4 heteroatoms. The topological polar surface area (TPSA) is 9.23 Å². The number of halogens is 3. The van der Waals surface area contributed by atoms with Crippen LogP contribution in [0.2, 0.25) is 0 Å². The van der Waals surface area contributed by atoms with E-state index in [1.807, 2.05) is 0 Å². The lowest BCUT2D eigenvalue weighted by Crippen LogP contribution is -2.01. The van der Waals surface area contributed by atoms with Crippen LogP contribution in [0.25, 0.3) is 0 Å². The normalized spacial score (nSPS) is 13.8. The molecule has 0 aromatic carbocycles. The van der Waals surface area contributed by atoms with E-state index in [9.17, 15) is 13.2 Å². The molecule has 0 bridgehead atoms. The van der Waals surface area contributed by atoms with E-state index in [1.54, 1.807) is 0 Å². The molecule has 0 amide bonds. The quantitative estimate of drug-likeness (QED) is 0.552. The number of unbranched alkanes of at least 4 members (excludes halogenated alkanes) is 2. The van der Waals surface area contributed by atoms with Gasteiger partial charge in [0, 0.05) is 0 Å². The lowest BCUT2D eigenvalue weighted by molar-refractivity contribution is -0.129. The zero-order valence-electron chi connectivity index (χ0n) is 7.23. The maximum Gasteiger partial charge on any atom is 0.345 e. The summed E-state index contributed by atoms with van der Waals surface area (Å²) in [6, 6.07) is 0. The molecular weight excluding hydrogens is 169 g/mol. The van der Waals surface area contributed by atoms with Crippen molar-refractivity contribution in [2.75, 3.05) is 6.61 Å². The van der Waals surface area contributed by atoms with E-state index < -0.39 is 12.8 Å². The highest BCUT2D eigenvalue weighted by atomic mass is 19.3. The predicted molar refractivity (Wildman–Crippen MR) is 41.0 cm³/mol. The maximum absolute atomic E-state index is 12.2. The fourth-order valence-corrected chi connectivity index (χ4v) is 0.877. The van der Waals surface area contributed by atoms with Gasteiger partial charge in [-0.2, -0.15) is 8.78 Å². The van der Waals surface area contributed by atoms with Gasteiger partial charge < -0.3 is 4.74 Å². The molecule has 1 atom stereocenters. The minimum Gasteiger partial charge on any atom is -0.323 e. The second-order valence-corrected chi connectivity index (χ2v) is 2.76.